The molecule has 0 N–H and O–H groups in total. The molecule has 0 bridgehead atoms. The molecule has 4 heterocycles. The highest BCUT2D eigenvalue weighted by Crippen LogP contribution is 2.42. The quantitative estimate of drug-likeness (QED) is 0.721. The van der Waals surface area contributed by atoms with Gasteiger partial charge in [-0.2, -0.15) is 8.42 Å². The van der Waals surface area contributed by atoms with Gasteiger partial charge in [-0.05, 0) is 27.7 Å². The minimum absolute atomic E-state index is 0.242. The maximum Gasteiger partial charge on any atom is 0.367 e. The fraction of sp³-hybridized carbons (Fsp3) is 0.800. The number of rotatable bonds is 4. The van der Waals surface area contributed by atoms with E-state index in [0.29, 0.717) is 0 Å². The highest BCUT2D eigenvalue weighted by atomic mass is 32.2. The summed E-state index contributed by atoms with van der Waals surface area (Å²) in [5, 5.41) is 0. The SMILES string of the molecule is CC1(C)O[C@H]2O[C@H]([C@H]3COC(C)(C)O3)[C@@H](OS(=O)(=O)n3ccnc3)[C@H]2O1. The van der Waals surface area contributed by atoms with E-state index >= 15 is 0 Å². The number of hydrogen-bond donors (Lipinski definition) is 0. The molecule has 3 aliphatic rings. The Balaban J connectivity index is 1.60. The molecule has 0 radical (unpaired) electrons. The Morgan fingerprint density at radius 2 is 1.88 bits per heavy atom. The first-order chi connectivity index (χ1) is 12.1. The Hall–Kier alpha value is -1.08. The van der Waals surface area contributed by atoms with Crippen LogP contribution in [0.1, 0.15) is 27.7 Å². The van der Waals surface area contributed by atoms with Gasteiger partial charge in [0.05, 0.1) is 6.61 Å². The van der Waals surface area contributed by atoms with Gasteiger partial charge in [0.25, 0.3) is 0 Å². The van der Waals surface area contributed by atoms with Gasteiger partial charge in [-0.3, -0.25) is 0 Å². The van der Waals surface area contributed by atoms with E-state index in [0.717, 1.165) is 10.3 Å². The van der Waals surface area contributed by atoms with Gasteiger partial charge < -0.3 is 23.7 Å². The number of imidazole rings is 1. The molecule has 3 saturated heterocycles. The van der Waals surface area contributed by atoms with E-state index in [1.54, 1.807) is 27.7 Å². The van der Waals surface area contributed by atoms with Gasteiger partial charge in [0.15, 0.2) is 17.9 Å². The van der Waals surface area contributed by atoms with E-state index in [-0.39, 0.29) is 6.61 Å². The van der Waals surface area contributed by atoms with Gasteiger partial charge in [0, 0.05) is 12.4 Å². The molecule has 0 unspecified atom stereocenters. The Morgan fingerprint density at radius 1 is 1.12 bits per heavy atom. The van der Waals surface area contributed by atoms with Crippen LogP contribution in [0.2, 0.25) is 0 Å². The van der Waals surface area contributed by atoms with Crippen molar-refractivity contribution in [3.05, 3.63) is 18.7 Å². The van der Waals surface area contributed by atoms with Gasteiger partial charge in [0.1, 0.15) is 30.7 Å². The lowest BCUT2D eigenvalue weighted by Crippen LogP contribution is -2.45. The topological polar surface area (TPSA) is 107 Å². The highest BCUT2D eigenvalue weighted by molar-refractivity contribution is 7.85. The molecule has 3 aliphatic heterocycles. The zero-order valence-corrected chi connectivity index (χ0v) is 15.7. The summed E-state index contributed by atoms with van der Waals surface area (Å²) in [4.78, 5) is 3.74. The second kappa shape index (κ2) is 5.96. The van der Waals surface area contributed by atoms with Crippen molar-refractivity contribution in [1.82, 2.24) is 8.96 Å². The fourth-order valence-corrected chi connectivity index (χ4v) is 4.33. The molecule has 5 atom stereocenters. The Labute approximate surface area is 151 Å². The summed E-state index contributed by atoms with van der Waals surface area (Å²) in [6.07, 6.45) is 0.0800. The standard InChI is InChI=1S/C15H22N2O8S/c1-14(2)20-7-9(22-14)10-11(12-13(21-10)24-15(3,4)23-12)25-26(18,19)17-6-5-16-8-17/h5-6,8-13H,7H2,1-4H3/t9-,10-,11-,12-,13-/m1/s1. The van der Waals surface area contributed by atoms with E-state index in [4.69, 9.17) is 27.9 Å². The van der Waals surface area contributed by atoms with Crippen molar-refractivity contribution < 1.29 is 36.3 Å². The summed E-state index contributed by atoms with van der Waals surface area (Å²) in [5.74, 6) is -1.70. The minimum atomic E-state index is -4.13. The molecule has 3 fully saturated rings. The monoisotopic (exact) mass is 390 g/mol. The normalized spacial score (nSPS) is 38.5. The smallest absolute Gasteiger partial charge is 0.348 e. The van der Waals surface area contributed by atoms with E-state index < -0.39 is 52.6 Å². The predicted octanol–water partition coefficient (Wildman–Crippen LogP) is 0.389. The summed E-state index contributed by atoms with van der Waals surface area (Å²) < 4.78 is 60.3. The maximum absolute atomic E-state index is 12.6. The lowest BCUT2D eigenvalue weighted by molar-refractivity contribution is -0.230. The zero-order valence-electron chi connectivity index (χ0n) is 14.9. The molecule has 146 valence electrons. The maximum atomic E-state index is 12.6. The molecule has 1 aromatic heterocycles. The van der Waals surface area contributed by atoms with Crippen LogP contribution < -0.4 is 0 Å². The van der Waals surface area contributed by atoms with Crippen molar-refractivity contribution in [3.63, 3.8) is 0 Å². The molecule has 0 saturated carbocycles. The Kier molecular flexibility index (Phi) is 4.19. The van der Waals surface area contributed by atoms with Crippen molar-refractivity contribution >= 4 is 10.3 Å². The van der Waals surface area contributed by atoms with Crippen LogP contribution in [0.5, 0.6) is 0 Å². The van der Waals surface area contributed by atoms with E-state index in [2.05, 4.69) is 4.98 Å². The minimum Gasteiger partial charge on any atom is -0.348 e. The van der Waals surface area contributed by atoms with Crippen LogP contribution in [0.15, 0.2) is 18.7 Å². The van der Waals surface area contributed by atoms with Gasteiger partial charge in [-0.25, -0.2) is 13.1 Å². The third-order valence-corrected chi connectivity index (χ3v) is 5.59. The molecule has 0 aromatic carbocycles. The number of fused-ring (bicyclic) bond motifs is 1. The van der Waals surface area contributed by atoms with Gasteiger partial charge in [0.2, 0.25) is 0 Å². The molecule has 11 heteroatoms. The van der Waals surface area contributed by atoms with Crippen LogP contribution in [-0.4, -0.2) is 66.3 Å². The molecule has 0 aliphatic carbocycles. The highest BCUT2D eigenvalue weighted by Gasteiger charge is 2.60. The first-order valence-corrected chi connectivity index (χ1v) is 9.67. The predicted molar refractivity (Wildman–Crippen MR) is 85.0 cm³/mol. The average Bonchev–Trinajstić information content (AvgIpc) is 3.24. The number of nitrogens with zero attached hydrogens (tertiary/aromatic N) is 2. The van der Waals surface area contributed by atoms with E-state index in [1.165, 1.54) is 12.4 Å². The molecule has 0 spiro atoms. The van der Waals surface area contributed by atoms with Crippen molar-refractivity contribution in [2.75, 3.05) is 6.61 Å². The summed E-state index contributed by atoms with van der Waals surface area (Å²) in [6, 6.07) is 0. The number of ether oxygens (including phenoxy) is 5. The van der Waals surface area contributed by atoms with Gasteiger partial charge >= 0.3 is 10.3 Å². The molecule has 0 amide bonds. The number of aromatic nitrogens is 2. The Bertz CT molecular complexity index is 763. The van der Waals surface area contributed by atoms with Crippen molar-refractivity contribution in [3.8, 4) is 0 Å². The van der Waals surface area contributed by atoms with Crippen LogP contribution >= 0.6 is 0 Å². The molecular weight excluding hydrogens is 368 g/mol. The molecular formula is C15H22N2O8S. The summed E-state index contributed by atoms with van der Waals surface area (Å²) >= 11 is 0. The van der Waals surface area contributed by atoms with Crippen LogP contribution in [0.3, 0.4) is 0 Å². The van der Waals surface area contributed by atoms with E-state index in [9.17, 15) is 8.42 Å². The third kappa shape index (κ3) is 3.28. The first kappa shape index (κ1) is 18.3. The number of hydrogen-bond acceptors (Lipinski definition) is 9. The van der Waals surface area contributed by atoms with Crippen LogP contribution in [0.4, 0.5) is 0 Å². The lowest BCUT2D eigenvalue weighted by atomic mass is 10.1. The summed E-state index contributed by atoms with van der Waals surface area (Å²) in [5.41, 5.74) is 0. The third-order valence-electron chi connectivity index (χ3n) is 4.39. The molecule has 4 rings (SSSR count). The largest absolute Gasteiger partial charge is 0.367 e. The molecule has 10 nitrogen and oxygen atoms in total. The zero-order chi connectivity index (χ0) is 18.7. The van der Waals surface area contributed by atoms with Crippen LogP contribution in [0.25, 0.3) is 0 Å². The second-order valence-electron chi connectivity index (χ2n) is 7.35. The summed E-state index contributed by atoms with van der Waals surface area (Å²) in [7, 11) is -4.13. The first-order valence-electron chi connectivity index (χ1n) is 8.31. The summed E-state index contributed by atoms with van der Waals surface area (Å²) in [6.45, 7) is 7.24. The lowest BCUT2D eigenvalue weighted by Gasteiger charge is -2.28. The van der Waals surface area contributed by atoms with Crippen LogP contribution in [0, 0.1) is 0 Å². The van der Waals surface area contributed by atoms with Crippen molar-refractivity contribution in [2.24, 2.45) is 0 Å². The van der Waals surface area contributed by atoms with Crippen molar-refractivity contribution in [1.29, 1.82) is 0 Å². The van der Waals surface area contributed by atoms with E-state index in [1.807, 2.05) is 0 Å². The average molecular weight is 390 g/mol. The fourth-order valence-electron chi connectivity index (χ4n) is 3.36. The van der Waals surface area contributed by atoms with Crippen molar-refractivity contribution in [2.45, 2.75) is 70.0 Å². The van der Waals surface area contributed by atoms with Crippen LogP contribution in [-0.2, 0) is 38.2 Å². The van der Waals surface area contributed by atoms with Gasteiger partial charge in [-0.15, -0.1) is 0 Å². The Morgan fingerprint density at radius 3 is 2.50 bits per heavy atom. The molecule has 1 aromatic rings. The molecule has 26 heavy (non-hydrogen) atoms. The van der Waals surface area contributed by atoms with Gasteiger partial charge in [-0.1, -0.05) is 0 Å². The second-order valence-corrected chi connectivity index (χ2v) is 8.82.